The highest BCUT2D eigenvalue weighted by atomic mass is 32.2. The van der Waals surface area contributed by atoms with Crippen LogP contribution in [-0.2, 0) is 14.8 Å². The number of hydrogen-bond donors (Lipinski definition) is 1. The number of halogens is 1. The Kier molecular flexibility index (Phi) is 4.71. The Morgan fingerprint density at radius 3 is 2.57 bits per heavy atom. The Hall–Kier alpha value is -2.00. The van der Waals surface area contributed by atoms with E-state index in [1.54, 1.807) is 0 Å². The molecule has 0 spiro atoms. The zero-order chi connectivity index (χ0) is 17.4. The Balaban J connectivity index is 2.48. The molecule has 7 nitrogen and oxygen atoms in total. The molecule has 1 atom stereocenters. The average Bonchev–Trinajstić information content (AvgIpc) is 2.96. The predicted molar refractivity (Wildman–Crippen MR) is 79.0 cm³/mol. The van der Waals surface area contributed by atoms with E-state index in [0.717, 1.165) is 22.5 Å². The van der Waals surface area contributed by atoms with E-state index >= 15 is 0 Å². The molecule has 1 aliphatic rings. The lowest BCUT2D eigenvalue weighted by atomic mass is 10.2. The second kappa shape index (κ2) is 6.25. The molecule has 1 amide bonds. The van der Waals surface area contributed by atoms with E-state index in [9.17, 15) is 22.4 Å². The molecule has 1 heterocycles. The number of likely N-dealkylation sites (N-methyl/N-ethyl adjacent to an activating group) is 1. The summed E-state index contributed by atoms with van der Waals surface area (Å²) in [5.74, 6) is -3.26. The molecule has 0 aromatic heterocycles. The SMILES string of the molecule is CN(C)C(=O)[C@@H]1CCCN1S(=O)(=O)c1cccc(C(=O)O)c1F. The van der Waals surface area contributed by atoms with E-state index in [1.165, 1.54) is 19.0 Å². The summed E-state index contributed by atoms with van der Waals surface area (Å²) in [6.45, 7) is 0.0866. The maximum atomic E-state index is 14.3. The summed E-state index contributed by atoms with van der Waals surface area (Å²) in [6, 6.07) is 2.26. The Labute approximate surface area is 133 Å². The molecule has 0 unspecified atom stereocenters. The van der Waals surface area contributed by atoms with Gasteiger partial charge < -0.3 is 10.0 Å². The van der Waals surface area contributed by atoms with Gasteiger partial charge in [-0.3, -0.25) is 4.79 Å². The Bertz CT molecular complexity index is 748. The van der Waals surface area contributed by atoms with Gasteiger partial charge in [0.2, 0.25) is 15.9 Å². The van der Waals surface area contributed by atoms with E-state index in [1.807, 2.05) is 0 Å². The van der Waals surface area contributed by atoms with Gasteiger partial charge in [-0.2, -0.15) is 4.31 Å². The third kappa shape index (κ3) is 3.06. The number of benzene rings is 1. The molecule has 0 bridgehead atoms. The van der Waals surface area contributed by atoms with Crippen LogP contribution in [0, 0.1) is 5.82 Å². The van der Waals surface area contributed by atoms with Crippen LogP contribution in [-0.4, -0.2) is 61.3 Å². The van der Waals surface area contributed by atoms with Crippen LogP contribution in [0.1, 0.15) is 23.2 Å². The third-order valence-electron chi connectivity index (χ3n) is 3.71. The summed E-state index contributed by atoms with van der Waals surface area (Å²) in [5, 5.41) is 8.92. The molecular formula is C14H17FN2O5S. The van der Waals surface area contributed by atoms with Crippen LogP contribution in [0.5, 0.6) is 0 Å². The maximum absolute atomic E-state index is 14.3. The fraction of sp³-hybridized carbons (Fsp3) is 0.429. The summed E-state index contributed by atoms with van der Waals surface area (Å²) >= 11 is 0. The van der Waals surface area contributed by atoms with Crippen molar-refractivity contribution in [3.05, 3.63) is 29.6 Å². The molecule has 9 heteroatoms. The van der Waals surface area contributed by atoms with Gasteiger partial charge in [-0.05, 0) is 25.0 Å². The lowest BCUT2D eigenvalue weighted by molar-refractivity contribution is -0.132. The molecular weight excluding hydrogens is 327 g/mol. The smallest absolute Gasteiger partial charge is 0.338 e. The lowest BCUT2D eigenvalue weighted by Crippen LogP contribution is -2.45. The Morgan fingerprint density at radius 1 is 1.35 bits per heavy atom. The molecule has 2 rings (SSSR count). The van der Waals surface area contributed by atoms with Crippen molar-refractivity contribution in [2.24, 2.45) is 0 Å². The van der Waals surface area contributed by atoms with Crippen molar-refractivity contribution in [2.75, 3.05) is 20.6 Å². The second-order valence-electron chi connectivity index (χ2n) is 5.43. The maximum Gasteiger partial charge on any atom is 0.338 e. The van der Waals surface area contributed by atoms with Crippen LogP contribution in [0.4, 0.5) is 4.39 Å². The molecule has 1 saturated heterocycles. The first-order valence-corrected chi connectivity index (χ1v) is 8.36. The van der Waals surface area contributed by atoms with Crippen molar-refractivity contribution in [2.45, 2.75) is 23.8 Å². The van der Waals surface area contributed by atoms with Crippen LogP contribution < -0.4 is 0 Å². The van der Waals surface area contributed by atoms with Gasteiger partial charge >= 0.3 is 5.97 Å². The molecule has 126 valence electrons. The quantitative estimate of drug-likeness (QED) is 0.870. The van der Waals surface area contributed by atoms with Crippen molar-refractivity contribution < 1.29 is 27.5 Å². The minimum atomic E-state index is -4.31. The highest BCUT2D eigenvalue weighted by molar-refractivity contribution is 7.89. The number of carbonyl (C=O) groups is 2. The zero-order valence-corrected chi connectivity index (χ0v) is 13.5. The first-order valence-electron chi connectivity index (χ1n) is 6.92. The number of carboxylic acid groups (broad SMARTS) is 1. The number of rotatable bonds is 4. The largest absolute Gasteiger partial charge is 0.478 e. The Morgan fingerprint density at radius 2 is 2.00 bits per heavy atom. The van der Waals surface area contributed by atoms with Gasteiger partial charge in [0, 0.05) is 20.6 Å². The van der Waals surface area contributed by atoms with E-state index in [-0.39, 0.29) is 12.5 Å². The molecule has 0 aliphatic carbocycles. The highest BCUT2D eigenvalue weighted by Gasteiger charge is 2.41. The molecule has 23 heavy (non-hydrogen) atoms. The first-order chi connectivity index (χ1) is 10.7. The van der Waals surface area contributed by atoms with E-state index < -0.39 is 38.3 Å². The predicted octanol–water partition coefficient (Wildman–Crippen LogP) is 0.765. The van der Waals surface area contributed by atoms with Crippen molar-refractivity contribution >= 4 is 21.9 Å². The van der Waals surface area contributed by atoms with E-state index in [0.29, 0.717) is 12.8 Å². The van der Waals surface area contributed by atoms with Crippen molar-refractivity contribution in [1.82, 2.24) is 9.21 Å². The second-order valence-corrected chi connectivity index (χ2v) is 7.29. The van der Waals surface area contributed by atoms with Crippen molar-refractivity contribution in [3.63, 3.8) is 0 Å². The molecule has 0 radical (unpaired) electrons. The van der Waals surface area contributed by atoms with Crippen LogP contribution >= 0.6 is 0 Å². The summed E-state index contributed by atoms with van der Waals surface area (Å²) in [4.78, 5) is 23.7. The van der Waals surface area contributed by atoms with Gasteiger partial charge in [0.15, 0.2) is 5.82 Å². The minimum Gasteiger partial charge on any atom is -0.478 e. The van der Waals surface area contributed by atoms with Gasteiger partial charge in [-0.1, -0.05) is 6.07 Å². The fourth-order valence-corrected chi connectivity index (χ4v) is 4.31. The van der Waals surface area contributed by atoms with Crippen LogP contribution in [0.25, 0.3) is 0 Å². The first kappa shape index (κ1) is 17.4. The van der Waals surface area contributed by atoms with Gasteiger partial charge in [-0.15, -0.1) is 0 Å². The number of carbonyl (C=O) groups excluding carboxylic acids is 1. The number of carboxylic acids is 1. The van der Waals surface area contributed by atoms with E-state index in [2.05, 4.69) is 0 Å². The van der Waals surface area contributed by atoms with E-state index in [4.69, 9.17) is 5.11 Å². The summed E-state index contributed by atoms with van der Waals surface area (Å²) < 4.78 is 40.6. The lowest BCUT2D eigenvalue weighted by Gasteiger charge is -2.25. The molecule has 1 fully saturated rings. The van der Waals surface area contributed by atoms with Gasteiger partial charge in [0.1, 0.15) is 10.9 Å². The van der Waals surface area contributed by atoms with Crippen LogP contribution in [0.15, 0.2) is 23.1 Å². The standard InChI is InChI=1S/C14H17FN2O5S/c1-16(2)13(18)10-6-4-8-17(10)23(21,22)11-7-3-5-9(12(11)15)14(19)20/h3,5,7,10H,4,6,8H2,1-2H3,(H,19,20)/t10-/m0/s1. The summed E-state index contributed by atoms with van der Waals surface area (Å²) in [6.07, 6.45) is 0.820. The highest BCUT2D eigenvalue weighted by Crippen LogP contribution is 2.29. The number of hydrogen-bond acceptors (Lipinski definition) is 4. The van der Waals surface area contributed by atoms with Gasteiger partial charge in [-0.25, -0.2) is 17.6 Å². The summed E-state index contributed by atoms with van der Waals surface area (Å²) in [7, 11) is -1.28. The van der Waals surface area contributed by atoms with Crippen LogP contribution in [0.2, 0.25) is 0 Å². The normalized spacial score (nSPS) is 18.8. The fourth-order valence-electron chi connectivity index (χ4n) is 2.57. The topological polar surface area (TPSA) is 95.0 Å². The number of amides is 1. The zero-order valence-electron chi connectivity index (χ0n) is 12.7. The average molecular weight is 344 g/mol. The molecule has 1 N–H and O–H groups in total. The molecule has 1 aromatic carbocycles. The molecule has 0 saturated carbocycles. The van der Waals surface area contributed by atoms with Crippen molar-refractivity contribution in [3.8, 4) is 0 Å². The number of aromatic carboxylic acids is 1. The molecule has 1 aliphatic heterocycles. The van der Waals surface area contributed by atoms with Gasteiger partial charge in [0.25, 0.3) is 0 Å². The minimum absolute atomic E-state index is 0.0866. The summed E-state index contributed by atoms with van der Waals surface area (Å²) in [5.41, 5.74) is -0.722. The third-order valence-corrected chi connectivity index (χ3v) is 5.64. The van der Waals surface area contributed by atoms with Crippen LogP contribution in [0.3, 0.4) is 0 Å². The van der Waals surface area contributed by atoms with Crippen molar-refractivity contribution in [1.29, 1.82) is 0 Å². The number of sulfonamides is 1. The number of nitrogens with zero attached hydrogens (tertiary/aromatic N) is 2. The van der Waals surface area contributed by atoms with Gasteiger partial charge in [0.05, 0.1) is 5.56 Å². The monoisotopic (exact) mass is 344 g/mol. The molecule has 1 aromatic rings.